The number of anilines is 2. The maximum atomic E-state index is 12.7. The van der Waals surface area contributed by atoms with E-state index in [1.54, 1.807) is 0 Å². The predicted molar refractivity (Wildman–Crippen MR) is 92.1 cm³/mol. The number of alkyl halides is 3. The van der Waals surface area contributed by atoms with Crippen molar-refractivity contribution in [3.8, 4) is 0 Å². The lowest BCUT2D eigenvalue weighted by atomic mass is 10.1. The third-order valence-corrected chi connectivity index (χ3v) is 4.76. The Kier molecular flexibility index (Phi) is 5.57. The first-order valence-corrected chi connectivity index (χ1v) is 8.72. The van der Waals surface area contributed by atoms with Gasteiger partial charge in [0.15, 0.2) is 0 Å². The predicted octanol–water partition coefficient (Wildman–Crippen LogP) is 3.18. The SMILES string of the molecule is CN(C)S(=O)(=O)Nc1cccc(C(=O)Nc2cccc(C(F)(F)F)c2)c1. The van der Waals surface area contributed by atoms with Gasteiger partial charge >= 0.3 is 16.4 Å². The zero-order chi connectivity index (χ0) is 19.5. The van der Waals surface area contributed by atoms with Crippen LogP contribution in [0.2, 0.25) is 0 Å². The summed E-state index contributed by atoms with van der Waals surface area (Å²) in [5, 5.41) is 2.36. The van der Waals surface area contributed by atoms with E-state index in [0.29, 0.717) is 0 Å². The van der Waals surface area contributed by atoms with Crippen molar-refractivity contribution < 1.29 is 26.4 Å². The summed E-state index contributed by atoms with van der Waals surface area (Å²) in [5.41, 5.74) is -0.677. The van der Waals surface area contributed by atoms with Crippen molar-refractivity contribution in [2.24, 2.45) is 0 Å². The van der Waals surface area contributed by atoms with Crippen LogP contribution in [0.4, 0.5) is 24.5 Å². The average Bonchev–Trinajstić information content (AvgIpc) is 2.54. The molecule has 2 aromatic rings. The third-order valence-electron chi connectivity index (χ3n) is 3.30. The first kappa shape index (κ1) is 19.7. The van der Waals surface area contributed by atoms with Gasteiger partial charge in [-0.2, -0.15) is 25.9 Å². The molecule has 0 unspecified atom stereocenters. The minimum atomic E-state index is -4.52. The van der Waals surface area contributed by atoms with Crippen LogP contribution in [0.3, 0.4) is 0 Å². The first-order chi connectivity index (χ1) is 12.0. The van der Waals surface area contributed by atoms with Gasteiger partial charge in [0, 0.05) is 25.3 Å². The summed E-state index contributed by atoms with van der Waals surface area (Å²) in [6.07, 6.45) is -4.52. The Morgan fingerprint density at radius 2 is 1.62 bits per heavy atom. The lowest BCUT2D eigenvalue weighted by molar-refractivity contribution is -0.137. The van der Waals surface area contributed by atoms with Gasteiger partial charge in [0.05, 0.1) is 11.3 Å². The van der Waals surface area contributed by atoms with Crippen molar-refractivity contribution in [1.82, 2.24) is 4.31 Å². The molecule has 0 aliphatic rings. The number of benzene rings is 2. The summed E-state index contributed by atoms with van der Waals surface area (Å²) in [5.74, 6) is -0.671. The molecule has 0 aliphatic heterocycles. The van der Waals surface area contributed by atoms with E-state index in [9.17, 15) is 26.4 Å². The fourth-order valence-electron chi connectivity index (χ4n) is 1.94. The van der Waals surface area contributed by atoms with Crippen LogP contribution in [0.5, 0.6) is 0 Å². The van der Waals surface area contributed by atoms with Crippen LogP contribution in [0, 0.1) is 0 Å². The Morgan fingerprint density at radius 1 is 1.00 bits per heavy atom. The summed E-state index contributed by atoms with van der Waals surface area (Å²) in [7, 11) is -1.07. The Labute approximate surface area is 148 Å². The van der Waals surface area contributed by atoms with Gasteiger partial charge < -0.3 is 5.32 Å². The molecule has 0 spiro atoms. The maximum absolute atomic E-state index is 12.7. The highest BCUT2D eigenvalue weighted by atomic mass is 32.2. The second kappa shape index (κ2) is 7.34. The number of nitrogens with zero attached hydrogens (tertiary/aromatic N) is 1. The average molecular weight is 387 g/mol. The minimum absolute atomic E-state index is 0.0240. The summed E-state index contributed by atoms with van der Waals surface area (Å²) in [4.78, 5) is 12.2. The van der Waals surface area contributed by atoms with Gasteiger partial charge in [-0.1, -0.05) is 12.1 Å². The van der Waals surface area contributed by atoms with Crippen molar-refractivity contribution in [3.63, 3.8) is 0 Å². The van der Waals surface area contributed by atoms with E-state index in [2.05, 4.69) is 10.0 Å². The highest BCUT2D eigenvalue weighted by Crippen LogP contribution is 2.30. The van der Waals surface area contributed by atoms with Crippen molar-refractivity contribution in [2.45, 2.75) is 6.18 Å². The quantitative estimate of drug-likeness (QED) is 0.827. The number of halogens is 3. The molecule has 2 aromatic carbocycles. The minimum Gasteiger partial charge on any atom is -0.322 e. The Morgan fingerprint density at radius 3 is 2.23 bits per heavy atom. The van der Waals surface area contributed by atoms with E-state index >= 15 is 0 Å². The molecule has 2 rings (SSSR count). The third kappa shape index (κ3) is 4.96. The highest BCUT2D eigenvalue weighted by molar-refractivity contribution is 7.90. The van der Waals surface area contributed by atoms with E-state index in [-0.39, 0.29) is 16.9 Å². The van der Waals surface area contributed by atoms with Crippen LogP contribution in [0.1, 0.15) is 15.9 Å². The van der Waals surface area contributed by atoms with E-state index < -0.39 is 27.9 Å². The summed E-state index contributed by atoms with van der Waals surface area (Å²) < 4.78 is 65.0. The molecule has 0 saturated heterocycles. The summed E-state index contributed by atoms with van der Waals surface area (Å²) in [6.45, 7) is 0. The number of amides is 1. The largest absolute Gasteiger partial charge is 0.416 e. The zero-order valence-electron chi connectivity index (χ0n) is 13.8. The van der Waals surface area contributed by atoms with Gasteiger partial charge in [0.2, 0.25) is 0 Å². The number of hydrogen-bond acceptors (Lipinski definition) is 3. The molecule has 0 fully saturated rings. The van der Waals surface area contributed by atoms with Crippen LogP contribution in [-0.4, -0.2) is 32.7 Å². The molecule has 6 nitrogen and oxygen atoms in total. The molecule has 0 aromatic heterocycles. The number of rotatable bonds is 5. The van der Waals surface area contributed by atoms with Gasteiger partial charge in [0.25, 0.3) is 5.91 Å². The standard InChI is InChI=1S/C16H16F3N3O3S/c1-22(2)26(24,25)21-14-8-3-5-11(9-14)15(23)20-13-7-4-6-12(10-13)16(17,18)19/h3-10,21H,1-2H3,(H,20,23). The molecule has 140 valence electrons. The molecule has 0 atom stereocenters. The van der Waals surface area contributed by atoms with Crippen LogP contribution in [0.25, 0.3) is 0 Å². The van der Waals surface area contributed by atoms with Crippen LogP contribution < -0.4 is 10.0 Å². The number of hydrogen-bond donors (Lipinski definition) is 2. The zero-order valence-corrected chi connectivity index (χ0v) is 14.6. The van der Waals surface area contributed by atoms with Crippen LogP contribution >= 0.6 is 0 Å². The monoisotopic (exact) mass is 387 g/mol. The molecule has 0 heterocycles. The number of nitrogens with one attached hydrogen (secondary N) is 2. The lowest BCUT2D eigenvalue weighted by Crippen LogP contribution is -2.29. The number of carbonyl (C=O) groups excluding carboxylic acids is 1. The van der Waals surface area contributed by atoms with Crippen LogP contribution in [-0.2, 0) is 16.4 Å². The molecule has 0 aliphatic carbocycles. The molecular formula is C16H16F3N3O3S. The van der Waals surface area contributed by atoms with Gasteiger partial charge in [-0.15, -0.1) is 0 Å². The lowest BCUT2D eigenvalue weighted by Gasteiger charge is -2.14. The molecule has 1 amide bonds. The van der Waals surface area contributed by atoms with Gasteiger partial charge in [-0.05, 0) is 36.4 Å². The first-order valence-electron chi connectivity index (χ1n) is 7.28. The highest BCUT2D eigenvalue weighted by Gasteiger charge is 2.30. The van der Waals surface area contributed by atoms with Crippen molar-refractivity contribution >= 4 is 27.5 Å². The molecule has 0 saturated carbocycles. The number of carbonyl (C=O) groups is 1. The normalized spacial score (nSPS) is 12.1. The van der Waals surface area contributed by atoms with Crippen molar-refractivity contribution in [2.75, 3.05) is 24.1 Å². The van der Waals surface area contributed by atoms with E-state index in [1.165, 1.54) is 50.5 Å². The molecule has 10 heteroatoms. The molecule has 26 heavy (non-hydrogen) atoms. The molecular weight excluding hydrogens is 371 g/mol. The van der Waals surface area contributed by atoms with E-state index in [1.807, 2.05) is 0 Å². The molecule has 0 bridgehead atoms. The topological polar surface area (TPSA) is 78.5 Å². The maximum Gasteiger partial charge on any atom is 0.416 e. The smallest absolute Gasteiger partial charge is 0.322 e. The van der Waals surface area contributed by atoms with Gasteiger partial charge in [-0.25, -0.2) is 0 Å². The Balaban J connectivity index is 2.20. The Hall–Kier alpha value is -2.59. The fourth-order valence-corrected chi connectivity index (χ4v) is 2.55. The van der Waals surface area contributed by atoms with Gasteiger partial charge in [-0.3, -0.25) is 9.52 Å². The summed E-state index contributed by atoms with van der Waals surface area (Å²) >= 11 is 0. The fraction of sp³-hybridized carbons (Fsp3) is 0.188. The van der Waals surface area contributed by atoms with Crippen LogP contribution in [0.15, 0.2) is 48.5 Å². The van der Waals surface area contributed by atoms with E-state index in [4.69, 9.17) is 0 Å². The van der Waals surface area contributed by atoms with Crippen molar-refractivity contribution in [1.29, 1.82) is 0 Å². The molecule has 0 radical (unpaired) electrons. The second-order valence-corrected chi connectivity index (χ2v) is 7.39. The molecule has 2 N–H and O–H groups in total. The van der Waals surface area contributed by atoms with Crippen molar-refractivity contribution in [3.05, 3.63) is 59.7 Å². The Bertz CT molecular complexity index is 912. The summed E-state index contributed by atoms with van der Waals surface area (Å²) in [6, 6.07) is 9.81. The second-order valence-electron chi connectivity index (χ2n) is 5.50. The van der Waals surface area contributed by atoms with E-state index in [0.717, 1.165) is 16.4 Å². The van der Waals surface area contributed by atoms with Gasteiger partial charge in [0.1, 0.15) is 0 Å².